The molecule has 0 aliphatic carbocycles. The van der Waals surface area contributed by atoms with Gasteiger partial charge in [-0.25, -0.2) is 4.39 Å². The third-order valence-corrected chi connectivity index (χ3v) is 2.49. The Morgan fingerprint density at radius 3 is 2.56 bits per heavy atom. The van der Waals surface area contributed by atoms with Crippen LogP contribution in [0.25, 0.3) is 0 Å². The maximum absolute atomic E-state index is 13.0. The maximum Gasteiger partial charge on any atom is 0.165 e. The van der Waals surface area contributed by atoms with E-state index >= 15 is 0 Å². The van der Waals surface area contributed by atoms with E-state index in [1.807, 2.05) is 0 Å². The van der Waals surface area contributed by atoms with Gasteiger partial charge in [-0.2, -0.15) is 0 Å². The Morgan fingerprint density at radius 2 is 2.00 bits per heavy atom. The highest BCUT2D eigenvalue weighted by atomic mass is 19.1. The van der Waals surface area contributed by atoms with Crippen LogP contribution in [0.1, 0.15) is 32.8 Å². The summed E-state index contributed by atoms with van der Waals surface area (Å²) in [7, 11) is 0. The van der Waals surface area contributed by atoms with Crippen molar-refractivity contribution in [3.63, 3.8) is 0 Å². The molecule has 0 saturated carbocycles. The summed E-state index contributed by atoms with van der Waals surface area (Å²) >= 11 is 0. The molecule has 1 aromatic rings. The van der Waals surface area contributed by atoms with Crippen molar-refractivity contribution in [2.24, 2.45) is 5.92 Å². The van der Waals surface area contributed by atoms with Crippen LogP contribution in [0.2, 0.25) is 0 Å². The van der Waals surface area contributed by atoms with E-state index < -0.39 is 5.82 Å². The predicted octanol–water partition coefficient (Wildman–Crippen LogP) is 3.06. The van der Waals surface area contributed by atoms with Gasteiger partial charge in [0.05, 0.1) is 0 Å². The molecule has 1 rings (SSSR count). The number of hydrogen-bond donors (Lipinski definition) is 2. The average molecular weight is 225 g/mol. The Labute approximate surface area is 96.5 Å². The number of benzene rings is 1. The van der Waals surface area contributed by atoms with Crippen LogP contribution in [0.4, 0.5) is 4.39 Å². The molecule has 16 heavy (non-hydrogen) atoms. The van der Waals surface area contributed by atoms with Crippen LogP contribution in [-0.2, 0) is 6.54 Å². The Hall–Kier alpha value is -1.09. The van der Waals surface area contributed by atoms with E-state index in [0.29, 0.717) is 18.5 Å². The molecule has 0 heterocycles. The molecule has 0 radical (unpaired) electrons. The zero-order valence-corrected chi connectivity index (χ0v) is 10.1. The SMILES string of the molecule is CC(C)CC(C)NCc1ccc(O)c(F)c1. The van der Waals surface area contributed by atoms with Crippen molar-refractivity contribution in [3.8, 4) is 5.75 Å². The van der Waals surface area contributed by atoms with Crippen molar-refractivity contribution < 1.29 is 9.50 Å². The molecule has 1 aromatic carbocycles. The van der Waals surface area contributed by atoms with Crippen LogP contribution in [-0.4, -0.2) is 11.1 Å². The lowest BCUT2D eigenvalue weighted by Crippen LogP contribution is -2.26. The number of nitrogens with one attached hydrogen (secondary N) is 1. The predicted molar refractivity (Wildman–Crippen MR) is 63.8 cm³/mol. The standard InChI is InChI=1S/C13H20FNO/c1-9(2)6-10(3)15-8-11-4-5-13(16)12(14)7-11/h4-5,7,9-10,15-16H,6,8H2,1-3H3. The number of aromatic hydroxyl groups is 1. The molecule has 90 valence electrons. The lowest BCUT2D eigenvalue weighted by Gasteiger charge is -2.15. The van der Waals surface area contributed by atoms with Gasteiger partial charge in [-0.1, -0.05) is 19.9 Å². The van der Waals surface area contributed by atoms with E-state index in [0.717, 1.165) is 12.0 Å². The van der Waals surface area contributed by atoms with Gasteiger partial charge in [-0.3, -0.25) is 0 Å². The lowest BCUT2D eigenvalue weighted by atomic mass is 10.1. The highest BCUT2D eigenvalue weighted by molar-refractivity contribution is 5.27. The molecule has 2 nitrogen and oxygen atoms in total. The van der Waals surface area contributed by atoms with Crippen LogP contribution in [0.15, 0.2) is 18.2 Å². The molecule has 0 aliphatic heterocycles. The van der Waals surface area contributed by atoms with Gasteiger partial charge in [-0.05, 0) is 37.0 Å². The van der Waals surface area contributed by atoms with Crippen molar-refractivity contribution >= 4 is 0 Å². The van der Waals surface area contributed by atoms with E-state index in [-0.39, 0.29) is 5.75 Å². The number of halogens is 1. The lowest BCUT2D eigenvalue weighted by molar-refractivity contribution is 0.428. The van der Waals surface area contributed by atoms with Crippen LogP contribution in [0.3, 0.4) is 0 Å². The smallest absolute Gasteiger partial charge is 0.165 e. The second-order valence-corrected chi connectivity index (χ2v) is 4.70. The molecule has 2 N–H and O–H groups in total. The van der Waals surface area contributed by atoms with Gasteiger partial charge in [0.15, 0.2) is 11.6 Å². The number of hydrogen-bond acceptors (Lipinski definition) is 2. The number of rotatable bonds is 5. The topological polar surface area (TPSA) is 32.3 Å². The van der Waals surface area contributed by atoms with Crippen LogP contribution in [0, 0.1) is 11.7 Å². The van der Waals surface area contributed by atoms with E-state index in [9.17, 15) is 4.39 Å². The molecule has 3 heteroatoms. The zero-order valence-electron chi connectivity index (χ0n) is 10.1. The van der Waals surface area contributed by atoms with Crippen molar-refractivity contribution in [1.29, 1.82) is 0 Å². The van der Waals surface area contributed by atoms with Crippen LogP contribution in [0.5, 0.6) is 5.75 Å². The first kappa shape index (κ1) is 13.0. The minimum atomic E-state index is -0.559. The number of phenols is 1. The van der Waals surface area contributed by atoms with Gasteiger partial charge < -0.3 is 10.4 Å². The second kappa shape index (κ2) is 5.85. The summed E-state index contributed by atoms with van der Waals surface area (Å²) in [6, 6.07) is 4.90. The quantitative estimate of drug-likeness (QED) is 0.807. The van der Waals surface area contributed by atoms with Gasteiger partial charge >= 0.3 is 0 Å². The zero-order chi connectivity index (χ0) is 12.1. The summed E-state index contributed by atoms with van der Waals surface area (Å²) in [5.74, 6) is -0.200. The molecule has 0 spiro atoms. The fourth-order valence-corrected chi connectivity index (χ4v) is 1.74. The van der Waals surface area contributed by atoms with Gasteiger partial charge in [-0.15, -0.1) is 0 Å². The van der Waals surface area contributed by atoms with Crippen molar-refractivity contribution in [2.45, 2.75) is 39.8 Å². The highest BCUT2D eigenvalue weighted by Gasteiger charge is 2.05. The van der Waals surface area contributed by atoms with E-state index in [1.165, 1.54) is 12.1 Å². The molecule has 1 atom stereocenters. The maximum atomic E-state index is 13.0. The molecule has 0 bridgehead atoms. The van der Waals surface area contributed by atoms with Gasteiger partial charge in [0.1, 0.15) is 0 Å². The summed E-state index contributed by atoms with van der Waals surface area (Å²) in [5, 5.41) is 12.4. The Kier molecular flexibility index (Phi) is 4.74. The first-order valence-electron chi connectivity index (χ1n) is 5.69. The summed E-state index contributed by atoms with van der Waals surface area (Å²) < 4.78 is 13.0. The minimum absolute atomic E-state index is 0.293. The third-order valence-electron chi connectivity index (χ3n) is 2.49. The van der Waals surface area contributed by atoms with E-state index in [4.69, 9.17) is 5.11 Å². The van der Waals surface area contributed by atoms with Crippen molar-refractivity contribution in [1.82, 2.24) is 5.32 Å². The fourth-order valence-electron chi connectivity index (χ4n) is 1.74. The first-order valence-corrected chi connectivity index (χ1v) is 5.69. The Morgan fingerprint density at radius 1 is 1.31 bits per heavy atom. The first-order chi connectivity index (χ1) is 7.49. The molecule has 0 aromatic heterocycles. The van der Waals surface area contributed by atoms with Gasteiger partial charge in [0, 0.05) is 12.6 Å². The normalized spacial score (nSPS) is 13.1. The van der Waals surface area contributed by atoms with Crippen molar-refractivity contribution in [2.75, 3.05) is 0 Å². The second-order valence-electron chi connectivity index (χ2n) is 4.70. The van der Waals surface area contributed by atoms with Crippen LogP contribution < -0.4 is 5.32 Å². The van der Waals surface area contributed by atoms with E-state index in [1.54, 1.807) is 6.07 Å². The molecule has 0 amide bonds. The Bertz CT molecular complexity index is 339. The van der Waals surface area contributed by atoms with Crippen molar-refractivity contribution in [3.05, 3.63) is 29.6 Å². The monoisotopic (exact) mass is 225 g/mol. The fraction of sp³-hybridized carbons (Fsp3) is 0.538. The molecule has 1 unspecified atom stereocenters. The average Bonchev–Trinajstić information content (AvgIpc) is 2.19. The highest BCUT2D eigenvalue weighted by Crippen LogP contribution is 2.16. The van der Waals surface area contributed by atoms with Gasteiger partial charge in [0.2, 0.25) is 0 Å². The minimum Gasteiger partial charge on any atom is -0.505 e. The summed E-state index contributed by atoms with van der Waals surface area (Å²) in [6.45, 7) is 7.11. The Balaban J connectivity index is 2.45. The van der Waals surface area contributed by atoms with Gasteiger partial charge in [0.25, 0.3) is 0 Å². The summed E-state index contributed by atoms with van der Waals surface area (Å²) in [5.41, 5.74) is 0.853. The molecule has 0 fully saturated rings. The number of phenolic OH excluding ortho intramolecular Hbond substituents is 1. The van der Waals surface area contributed by atoms with Crippen LogP contribution >= 0.6 is 0 Å². The molecular formula is C13H20FNO. The van der Waals surface area contributed by atoms with E-state index in [2.05, 4.69) is 26.1 Å². The molecule has 0 saturated heterocycles. The summed E-state index contributed by atoms with van der Waals surface area (Å²) in [4.78, 5) is 0. The molecular weight excluding hydrogens is 205 g/mol. The summed E-state index contributed by atoms with van der Waals surface area (Å²) in [6.07, 6.45) is 1.10. The third kappa shape index (κ3) is 4.19. The largest absolute Gasteiger partial charge is 0.505 e. The molecule has 0 aliphatic rings.